The van der Waals surface area contributed by atoms with Crippen LogP contribution >= 0.6 is 15.9 Å². The molecular formula is C13H13BrFNO. The molecule has 90 valence electrons. The first-order chi connectivity index (χ1) is 7.97. The molecule has 1 aromatic heterocycles. The summed E-state index contributed by atoms with van der Waals surface area (Å²) in [6, 6.07) is 1.68. The first kappa shape index (κ1) is 12.3. The molecule has 1 heterocycles. The van der Waals surface area contributed by atoms with Crippen LogP contribution in [0, 0.1) is 19.7 Å². The molecule has 2 aromatic rings. The van der Waals surface area contributed by atoms with E-state index in [1.165, 1.54) is 0 Å². The fourth-order valence-electron chi connectivity index (χ4n) is 2.14. The molecular weight excluding hydrogens is 285 g/mol. The summed E-state index contributed by atoms with van der Waals surface area (Å²) in [4.78, 5) is 15.4. The summed E-state index contributed by atoms with van der Waals surface area (Å²) in [5.74, 6) is -0.485. The van der Waals surface area contributed by atoms with E-state index < -0.39 is 5.82 Å². The number of rotatable bonds is 1. The molecule has 0 saturated carbocycles. The lowest BCUT2D eigenvalue weighted by atomic mass is 10.0. The summed E-state index contributed by atoms with van der Waals surface area (Å²) in [6.45, 7) is 5.60. The van der Waals surface area contributed by atoms with E-state index in [9.17, 15) is 9.18 Å². The number of aryl methyl sites for hydroxylation is 2. The van der Waals surface area contributed by atoms with Gasteiger partial charge in [-0.15, -0.1) is 0 Å². The normalized spacial score (nSPS) is 11.1. The summed E-state index contributed by atoms with van der Waals surface area (Å²) < 4.78 is 14.4. The van der Waals surface area contributed by atoms with Gasteiger partial charge in [-0.05, 0) is 47.8 Å². The SMILES string of the molecule is CCc1c(C)[nH]c2c(C)cc(Br)c(F)c2c1=O. The van der Waals surface area contributed by atoms with Gasteiger partial charge in [0, 0.05) is 11.3 Å². The number of fused-ring (bicyclic) bond motifs is 1. The molecule has 0 atom stereocenters. The number of nitrogens with one attached hydrogen (secondary N) is 1. The topological polar surface area (TPSA) is 32.9 Å². The molecule has 0 spiro atoms. The number of hydrogen-bond donors (Lipinski definition) is 1. The van der Waals surface area contributed by atoms with Crippen LogP contribution in [0.15, 0.2) is 15.3 Å². The zero-order valence-corrected chi connectivity index (χ0v) is 11.5. The Hall–Kier alpha value is -1.16. The van der Waals surface area contributed by atoms with E-state index in [1.54, 1.807) is 6.07 Å². The van der Waals surface area contributed by atoms with Crippen molar-refractivity contribution in [2.24, 2.45) is 0 Å². The van der Waals surface area contributed by atoms with Crippen molar-refractivity contribution < 1.29 is 4.39 Å². The first-order valence-corrected chi connectivity index (χ1v) is 6.26. The predicted molar refractivity (Wildman–Crippen MR) is 71.1 cm³/mol. The molecule has 0 unspecified atom stereocenters. The maximum Gasteiger partial charge on any atom is 0.195 e. The number of benzene rings is 1. The van der Waals surface area contributed by atoms with E-state index >= 15 is 0 Å². The summed E-state index contributed by atoms with van der Waals surface area (Å²) in [5, 5.41) is 0.152. The smallest absolute Gasteiger partial charge is 0.195 e. The van der Waals surface area contributed by atoms with Crippen molar-refractivity contribution >= 4 is 26.8 Å². The van der Waals surface area contributed by atoms with Crippen LogP contribution in [0.2, 0.25) is 0 Å². The van der Waals surface area contributed by atoms with E-state index in [4.69, 9.17) is 0 Å². The standard InChI is InChI=1S/C13H13BrFNO/c1-4-8-7(3)16-12-6(2)5-9(14)11(15)10(12)13(8)17/h5H,4H2,1-3H3,(H,16,17). The van der Waals surface area contributed by atoms with Crippen molar-refractivity contribution in [3.8, 4) is 0 Å². The Bertz CT molecular complexity index is 661. The number of pyridine rings is 1. The van der Waals surface area contributed by atoms with Gasteiger partial charge in [0.15, 0.2) is 11.2 Å². The van der Waals surface area contributed by atoms with Crippen LogP contribution in [0.4, 0.5) is 4.39 Å². The van der Waals surface area contributed by atoms with Gasteiger partial charge in [0.1, 0.15) is 0 Å². The maximum absolute atomic E-state index is 14.0. The van der Waals surface area contributed by atoms with Gasteiger partial charge in [-0.1, -0.05) is 6.92 Å². The Labute approximate surface area is 107 Å². The van der Waals surface area contributed by atoms with Gasteiger partial charge in [-0.25, -0.2) is 4.39 Å². The third kappa shape index (κ3) is 1.80. The molecule has 0 bridgehead atoms. The highest BCUT2D eigenvalue weighted by Crippen LogP contribution is 2.25. The Morgan fingerprint density at radius 1 is 1.41 bits per heavy atom. The molecule has 2 nitrogen and oxygen atoms in total. The molecule has 17 heavy (non-hydrogen) atoms. The van der Waals surface area contributed by atoms with Crippen LogP contribution in [0.3, 0.4) is 0 Å². The molecule has 2 rings (SSSR count). The highest BCUT2D eigenvalue weighted by molar-refractivity contribution is 9.10. The maximum atomic E-state index is 14.0. The van der Waals surface area contributed by atoms with Gasteiger partial charge in [-0.2, -0.15) is 0 Å². The average Bonchev–Trinajstić information content (AvgIpc) is 2.26. The Kier molecular flexibility index (Phi) is 3.08. The lowest BCUT2D eigenvalue weighted by Gasteiger charge is -2.10. The number of aromatic nitrogens is 1. The molecule has 0 fully saturated rings. The quantitative estimate of drug-likeness (QED) is 0.857. The lowest BCUT2D eigenvalue weighted by Crippen LogP contribution is -2.14. The largest absolute Gasteiger partial charge is 0.358 e. The van der Waals surface area contributed by atoms with E-state index in [1.807, 2.05) is 20.8 Å². The van der Waals surface area contributed by atoms with Crippen LogP contribution in [0.1, 0.15) is 23.7 Å². The van der Waals surface area contributed by atoms with Gasteiger partial charge in [0.2, 0.25) is 0 Å². The molecule has 0 aliphatic carbocycles. The predicted octanol–water partition coefficient (Wildman–Crippen LogP) is 3.61. The summed E-state index contributed by atoms with van der Waals surface area (Å²) in [7, 11) is 0. The summed E-state index contributed by atoms with van der Waals surface area (Å²) in [5.41, 5.74) is 2.70. The first-order valence-electron chi connectivity index (χ1n) is 5.47. The number of H-pyrrole nitrogens is 1. The summed E-state index contributed by atoms with van der Waals surface area (Å²) >= 11 is 3.14. The second-order valence-electron chi connectivity index (χ2n) is 4.15. The fraction of sp³-hybridized carbons (Fsp3) is 0.308. The van der Waals surface area contributed by atoms with Crippen molar-refractivity contribution in [1.29, 1.82) is 0 Å². The molecule has 1 aromatic carbocycles. The minimum absolute atomic E-state index is 0.152. The van der Waals surface area contributed by atoms with Crippen molar-refractivity contribution in [3.63, 3.8) is 0 Å². The van der Waals surface area contributed by atoms with Gasteiger partial charge in [0.05, 0.1) is 15.4 Å². The van der Waals surface area contributed by atoms with Crippen molar-refractivity contribution in [1.82, 2.24) is 4.98 Å². The lowest BCUT2D eigenvalue weighted by molar-refractivity contribution is 0.631. The molecule has 0 amide bonds. The van der Waals surface area contributed by atoms with Crippen molar-refractivity contribution in [3.05, 3.63) is 43.4 Å². The van der Waals surface area contributed by atoms with Crippen LogP contribution < -0.4 is 5.43 Å². The van der Waals surface area contributed by atoms with Crippen molar-refractivity contribution in [2.75, 3.05) is 0 Å². The highest BCUT2D eigenvalue weighted by atomic mass is 79.9. The zero-order valence-electron chi connectivity index (χ0n) is 9.95. The fourth-order valence-corrected chi connectivity index (χ4v) is 2.68. The van der Waals surface area contributed by atoms with E-state index in [0.29, 0.717) is 22.0 Å². The van der Waals surface area contributed by atoms with Gasteiger partial charge in [0.25, 0.3) is 0 Å². The Morgan fingerprint density at radius 3 is 2.65 bits per heavy atom. The molecule has 4 heteroatoms. The monoisotopic (exact) mass is 297 g/mol. The second-order valence-corrected chi connectivity index (χ2v) is 5.00. The average molecular weight is 298 g/mol. The Balaban J connectivity index is 3.08. The van der Waals surface area contributed by atoms with Crippen LogP contribution in [-0.4, -0.2) is 4.98 Å². The molecule has 0 saturated heterocycles. The minimum atomic E-state index is -0.485. The number of halogens is 2. The third-order valence-electron chi connectivity index (χ3n) is 3.04. The minimum Gasteiger partial charge on any atom is -0.358 e. The van der Waals surface area contributed by atoms with Crippen molar-refractivity contribution in [2.45, 2.75) is 27.2 Å². The zero-order chi connectivity index (χ0) is 12.7. The van der Waals surface area contributed by atoms with Gasteiger partial charge in [-0.3, -0.25) is 4.79 Å². The van der Waals surface area contributed by atoms with Crippen LogP contribution in [-0.2, 0) is 6.42 Å². The van der Waals surface area contributed by atoms with E-state index in [2.05, 4.69) is 20.9 Å². The molecule has 0 aliphatic rings. The molecule has 0 radical (unpaired) electrons. The highest BCUT2D eigenvalue weighted by Gasteiger charge is 2.15. The molecule has 1 N–H and O–H groups in total. The Morgan fingerprint density at radius 2 is 2.06 bits per heavy atom. The number of aromatic amines is 1. The van der Waals surface area contributed by atoms with Crippen LogP contribution in [0.25, 0.3) is 10.9 Å². The third-order valence-corrected chi connectivity index (χ3v) is 3.61. The van der Waals surface area contributed by atoms with Gasteiger partial charge < -0.3 is 4.98 Å². The van der Waals surface area contributed by atoms with Crippen LogP contribution in [0.5, 0.6) is 0 Å². The van der Waals surface area contributed by atoms with E-state index in [-0.39, 0.29) is 10.8 Å². The second kappa shape index (κ2) is 4.26. The van der Waals surface area contributed by atoms with E-state index in [0.717, 1.165) is 11.3 Å². The summed E-state index contributed by atoms with van der Waals surface area (Å²) in [6.07, 6.45) is 0.599. The molecule has 0 aliphatic heterocycles. The van der Waals surface area contributed by atoms with Gasteiger partial charge >= 0.3 is 0 Å². The number of hydrogen-bond acceptors (Lipinski definition) is 1.